The van der Waals surface area contributed by atoms with E-state index in [2.05, 4.69) is 34.5 Å². The number of hydrogen-bond donors (Lipinski definition) is 2. The van der Waals surface area contributed by atoms with Crippen molar-refractivity contribution in [2.24, 2.45) is 5.73 Å². The minimum absolute atomic E-state index is 0.395. The van der Waals surface area contributed by atoms with E-state index in [-0.39, 0.29) is 0 Å². The summed E-state index contributed by atoms with van der Waals surface area (Å²) in [7, 11) is 0. The molecule has 1 aromatic carbocycles. The van der Waals surface area contributed by atoms with Crippen molar-refractivity contribution < 1.29 is 0 Å². The summed E-state index contributed by atoms with van der Waals surface area (Å²) in [6, 6.07) is 9.92. The van der Waals surface area contributed by atoms with Gasteiger partial charge in [-0.25, -0.2) is 0 Å². The van der Waals surface area contributed by atoms with E-state index in [9.17, 15) is 0 Å². The lowest BCUT2D eigenvalue weighted by molar-refractivity contribution is 0.331. The summed E-state index contributed by atoms with van der Waals surface area (Å²) in [4.78, 5) is 2.54. The maximum atomic E-state index is 5.95. The molecule has 2 aliphatic rings. The molecular formula is C16H25N3. The molecule has 0 radical (unpaired) electrons. The molecule has 3 N–H and O–H groups in total. The topological polar surface area (TPSA) is 41.3 Å². The average Bonchev–Trinajstić information content (AvgIpc) is 3.04. The Balaban J connectivity index is 1.53. The first kappa shape index (κ1) is 12.9. The molecule has 1 aliphatic heterocycles. The zero-order valence-electron chi connectivity index (χ0n) is 11.6. The molecular weight excluding hydrogens is 234 g/mol. The van der Waals surface area contributed by atoms with Crippen LogP contribution >= 0.6 is 0 Å². The van der Waals surface area contributed by atoms with Crippen molar-refractivity contribution in [1.29, 1.82) is 0 Å². The summed E-state index contributed by atoms with van der Waals surface area (Å²) in [6.07, 6.45) is 6.19. The van der Waals surface area contributed by atoms with Crippen molar-refractivity contribution in [1.82, 2.24) is 4.90 Å². The van der Waals surface area contributed by atoms with E-state index in [1.807, 2.05) is 0 Å². The molecule has 3 rings (SSSR count). The monoisotopic (exact) mass is 259 g/mol. The van der Waals surface area contributed by atoms with Gasteiger partial charge in [-0.2, -0.15) is 0 Å². The Morgan fingerprint density at radius 3 is 2.47 bits per heavy atom. The van der Waals surface area contributed by atoms with Crippen LogP contribution in [-0.2, 0) is 6.54 Å². The van der Waals surface area contributed by atoms with Gasteiger partial charge in [0.05, 0.1) is 0 Å². The summed E-state index contributed by atoms with van der Waals surface area (Å²) < 4.78 is 0. The Kier molecular flexibility index (Phi) is 4.04. The van der Waals surface area contributed by atoms with Crippen LogP contribution in [0.1, 0.15) is 37.7 Å². The molecule has 2 fully saturated rings. The normalized spacial score (nSPS) is 27.8. The van der Waals surface area contributed by atoms with E-state index in [1.54, 1.807) is 0 Å². The third-order valence-electron chi connectivity index (χ3n) is 4.40. The second-order valence-corrected chi connectivity index (χ2v) is 6.09. The Hall–Kier alpha value is -1.06. The lowest BCUT2D eigenvalue weighted by atomic mass is 10.1. The van der Waals surface area contributed by atoms with Gasteiger partial charge in [-0.05, 0) is 62.9 Å². The number of rotatable bonds is 4. The van der Waals surface area contributed by atoms with Crippen molar-refractivity contribution >= 4 is 5.69 Å². The third kappa shape index (κ3) is 3.48. The van der Waals surface area contributed by atoms with Crippen LogP contribution in [0.25, 0.3) is 0 Å². The summed E-state index contributed by atoms with van der Waals surface area (Å²) in [5, 5.41) is 3.60. The molecule has 0 aromatic heterocycles. The molecule has 3 nitrogen and oxygen atoms in total. The zero-order chi connectivity index (χ0) is 13.1. The minimum atomic E-state index is 0.395. The number of anilines is 1. The minimum Gasteiger partial charge on any atom is -0.382 e. The molecule has 1 saturated heterocycles. The second kappa shape index (κ2) is 5.93. The van der Waals surface area contributed by atoms with Gasteiger partial charge in [0.1, 0.15) is 0 Å². The smallest absolute Gasteiger partial charge is 0.0342 e. The fourth-order valence-electron chi connectivity index (χ4n) is 3.29. The molecule has 0 spiro atoms. The van der Waals surface area contributed by atoms with Crippen molar-refractivity contribution in [3.8, 4) is 0 Å². The van der Waals surface area contributed by atoms with Crippen molar-refractivity contribution in [3.63, 3.8) is 0 Å². The van der Waals surface area contributed by atoms with Gasteiger partial charge in [-0.1, -0.05) is 12.1 Å². The highest BCUT2D eigenvalue weighted by atomic mass is 15.1. The summed E-state index contributed by atoms with van der Waals surface area (Å²) >= 11 is 0. The zero-order valence-corrected chi connectivity index (χ0v) is 11.6. The quantitative estimate of drug-likeness (QED) is 0.873. The van der Waals surface area contributed by atoms with Crippen LogP contribution in [0, 0.1) is 0 Å². The van der Waals surface area contributed by atoms with Gasteiger partial charge in [0.25, 0.3) is 0 Å². The second-order valence-electron chi connectivity index (χ2n) is 6.09. The molecule has 104 valence electrons. The first-order valence-corrected chi connectivity index (χ1v) is 7.63. The van der Waals surface area contributed by atoms with Crippen LogP contribution in [0.4, 0.5) is 5.69 Å². The van der Waals surface area contributed by atoms with Gasteiger partial charge >= 0.3 is 0 Å². The molecule has 19 heavy (non-hydrogen) atoms. The first-order valence-electron chi connectivity index (χ1n) is 7.63. The maximum absolute atomic E-state index is 5.95. The predicted molar refractivity (Wildman–Crippen MR) is 80.2 cm³/mol. The van der Waals surface area contributed by atoms with Crippen LogP contribution in [0.3, 0.4) is 0 Å². The van der Waals surface area contributed by atoms with E-state index in [1.165, 1.54) is 43.6 Å². The molecule has 2 unspecified atom stereocenters. The van der Waals surface area contributed by atoms with Gasteiger partial charge < -0.3 is 11.1 Å². The van der Waals surface area contributed by atoms with Gasteiger partial charge in [-0.15, -0.1) is 0 Å². The molecule has 0 amide bonds. The number of nitrogens with zero attached hydrogens (tertiary/aromatic N) is 1. The molecule has 1 aliphatic carbocycles. The summed E-state index contributed by atoms with van der Waals surface area (Å²) in [5.74, 6) is 0. The Morgan fingerprint density at radius 2 is 1.84 bits per heavy atom. The highest BCUT2D eigenvalue weighted by Gasteiger charge is 2.21. The number of likely N-dealkylation sites (tertiary alicyclic amines) is 1. The Morgan fingerprint density at radius 1 is 1.11 bits per heavy atom. The summed E-state index contributed by atoms with van der Waals surface area (Å²) in [5.41, 5.74) is 8.62. The standard InChI is InChI=1S/C16H25N3/c17-14-5-8-16(11-14)18-15-6-3-13(4-7-15)12-19-9-1-2-10-19/h3-4,6-7,14,16,18H,1-2,5,8-12,17H2. The van der Waals surface area contributed by atoms with Crippen LogP contribution in [0.15, 0.2) is 24.3 Å². The largest absolute Gasteiger partial charge is 0.382 e. The molecule has 2 atom stereocenters. The Labute approximate surface area is 116 Å². The molecule has 1 aromatic rings. The highest BCUT2D eigenvalue weighted by Crippen LogP contribution is 2.22. The number of hydrogen-bond acceptors (Lipinski definition) is 3. The lowest BCUT2D eigenvalue weighted by Gasteiger charge is -2.16. The Bertz CT molecular complexity index is 395. The average molecular weight is 259 g/mol. The van der Waals surface area contributed by atoms with E-state index in [0.717, 1.165) is 19.4 Å². The third-order valence-corrected chi connectivity index (χ3v) is 4.40. The van der Waals surface area contributed by atoms with E-state index < -0.39 is 0 Å². The van der Waals surface area contributed by atoms with Gasteiger partial charge in [0, 0.05) is 24.3 Å². The molecule has 1 saturated carbocycles. The van der Waals surface area contributed by atoms with E-state index in [0.29, 0.717) is 12.1 Å². The number of nitrogens with two attached hydrogens (primary N) is 1. The lowest BCUT2D eigenvalue weighted by Crippen LogP contribution is -2.21. The fourth-order valence-corrected chi connectivity index (χ4v) is 3.29. The van der Waals surface area contributed by atoms with Crippen LogP contribution in [-0.4, -0.2) is 30.1 Å². The van der Waals surface area contributed by atoms with E-state index >= 15 is 0 Å². The molecule has 3 heteroatoms. The fraction of sp³-hybridized carbons (Fsp3) is 0.625. The highest BCUT2D eigenvalue weighted by molar-refractivity contribution is 5.45. The van der Waals surface area contributed by atoms with Gasteiger partial charge in [-0.3, -0.25) is 4.90 Å². The van der Waals surface area contributed by atoms with Gasteiger partial charge in [0.2, 0.25) is 0 Å². The number of benzene rings is 1. The van der Waals surface area contributed by atoms with Crippen LogP contribution < -0.4 is 11.1 Å². The van der Waals surface area contributed by atoms with Crippen LogP contribution in [0.5, 0.6) is 0 Å². The van der Waals surface area contributed by atoms with Crippen molar-refractivity contribution in [2.45, 2.75) is 50.7 Å². The molecule has 0 bridgehead atoms. The SMILES string of the molecule is NC1CCC(Nc2ccc(CN3CCCC3)cc2)C1. The predicted octanol–water partition coefficient (Wildman–Crippen LogP) is 2.57. The van der Waals surface area contributed by atoms with Crippen molar-refractivity contribution in [3.05, 3.63) is 29.8 Å². The first-order chi connectivity index (χ1) is 9.29. The van der Waals surface area contributed by atoms with Crippen molar-refractivity contribution in [2.75, 3.05) is 18.4 Å². The maximum Gasteiger partial charge on any atom is 0.0342 e. The van der Waals surface area contributed by atoms with Gasteiger partial charge in [0.15, 0.2) is 0 Å². The van der Waals surface area contributed by atoms with Crippen LogP contribution in [0.2, 0.25) is 0 Å². The summed E-state index contributed by atoms with van der Waals surface area (Å²) in [6.45, 7) is 3.63. The number of nitrogens with one attached hydrogen (secondary N) is 1. The molecule has 1 heterocycles. The van der Waals surface area contributed by atoms with E-state index in [4.69, 9.17) is 5.73 Å².